The Bertz CT molecular complexity index is 1560. The molecule has 0 radical (unpaired) electrons. The van der Waals surface area contributed by atoms with Crippen molar-refractivity contribution >= 4 is 17.5 Å². The number of benzene rings is 2. The predicted octanol–water partition coefficient (Wildman–Crippen LogP) is 1.52. The number of likely N-dealkylation sites (N-methyl/N-ethyl adjacent to an activating group) is 1. The molecule has 0 saturated carbocycles. The lowest BCUT2D eigenvalue weighted by molar-refractivity contribution is -0.148. The Morgan fingerprint density at radius 1 is 1.08 bits per heavy atom. The number of phenolic OH excluding ortho intramolecular Hbond substituents is 1. The first kappa shape index (κ1) is 25.0. The Labute approximate surface area is 222 Å². The Kier molecular flexibility index (Phi) is 5.33. The molecule has 4 aliphatic rings. The smallest absolute Gasteiger partial charge is 0.255 e. The van der Waals surface area contributed by atoms with Crippen LogP contribution in [-0.2, 0) is 16.0 Å². The van der Waals surface area contributed by atoms with Crippen LogP contribution in [0.3, 0.4) is 0 Å². The molecule has 0 unspecified atom stereocenters. The second-order valence-corrected chi connectivity index (χ2v) is 10.5. The fourth-order valence-electron chi connectivity index (χ4n) is 6.59. The van der Waals surface area contributed by atoms with Crippen LogP contribution in [0.25, 0.3) is 11.1 Å². The van der Waals surface area contributed by atoms with Gasteiger partial charge in [0.2, 0.25) is 12.6 Å². The van der Waals surface area contributed by atoms with Crippen molar-refractivity contribution in [2.75, 3.05) is 20.9 Å². The number of aliphatic hydroxyl groups excluding tert-OH is 2. The molecule has 6 N–H and O–H groups in total. The van der Waals surface area contributed by atoms with Crippen molar-refractivity contribution in [2.24, 2.45) is 17.6 Å². The van der Waals surface area contributed by atoms with Crippen LogP contribution >= 0.6 is 0 Å². The van der Waals surface area contributed by atoms with E-state index in [2.05, 4.69) is 0 Å². The number of nitrogens with two attached hydrogens (primary N) is 1. The van der Waals surface area contributed by atoms with Crippen LogP contribution in [0.1, 0.15) is 22.3 Å². The number of hydrogen-bond donors (Lipinski definition) is 5. The number of ketones is 2. The topological polar surface area (TPSA) is 180 Å². The third-order valence-corrected chi connectivity index (χ3v) is 8.29. The summed E-state index contributed by atoms with van der Waals surface area (Å²) in [5.41, 5.74) is 3.52. The average molecular weight is 535 g/mol. The number of amides is 1. The van der Waals surface area contributed by atoms with Gasteiger partial charge in [0, 0.05) is 11.5 Å². The quantitative estimate of drug-likeness (QED) is 0.362. The van der Waals surface area contributed by atoms with Gasteiger partial charge in [-0.1, -0.05) is 12.1 Å². The highest BCUT2D eigenvalue weighted by Gasteiger charge is 2.63. The molecule has 1 amide bonds. The highest BCUT2D eigenvalue weighted by atomic mass is 16.7. The lowest BCUT2D eigenvalue weighted by Gasteiger charge is -2.50. The van der Waals surface area contributed by atoms with Crippen molar-refractivity contribution in [3.05, 3.63) is 64.1 Å². The molecule has 202 valence electrons. The number of fused-ring (bicyclic) bond motifs is 4. The third kappa shape index (κ3) is 3.26. The largest absolute Gasteiger partial charge is 0.510 e. The predicted molar refractivity (Wildman–Crippen MR) is 135 cm³/mol. The molecule has 0 bridgehead atoms. The fraction of sp³-hybridized carbons (Fsp3) is 0.321. The number of aromatic hydroxyl groups is 1. The summed E-state index contributed by atoms with van der Waals surface area (Å²) in [5, 5.41) is 44.7. The number of carbonyl (C=O) groups excluding carboxylic acids is 3. The van der Waals surface area contributed by atoms with Crippen molar-refractivity contribution in [1.82, 2.24) is 4.90 Å². The van der Waals surface area contributed by atoms with Gasteiger partial charge in [-0.05, 0) is 67.7 Å². The number of phenols is 1. The van der Waals surface area contributed by atoms with Crippen molar-refractivity contribution in [2.45, 2.75) is 24.5 Å². The maximum atomic E-state index is 13.9. The van der Waals surface area contributed by atoms with Gasteiger partial charge in [-0.2, -0.15) is 0 Å². The average Bonchev–Trinajstić information content (AvgIpc) is 3.34. The van der Waals surface area contributed by atoms with E-state index in [1.54, 1.807) is 32.3 Å². The molecule has 1 aliphatic heterocycles. The molecule has 0 fully saturated rings. The Hall–Kier alpha value is -4.35. The van der Waals surface area contributed by atoms with E-state index in [0.717, 1.165) is 5.56 Å². The molecule has 2 aromatic carbocycles. The summed E-state index contributed by atoms with van der Waals surface area (Å²) < 4.78 is 10.9. The molecule has 0 spiro atoms. The van der Waals surface area contributed by atoms with Crippen molar-refractivity contribution in [3.63, 3.8) is 0 Å². The molecule has 0 saturated heterocycles. The lowest BCUT2D eigenvalue weighted by atomic mass is 9.58. The van der Waals surface area contributed by atoms with E-state index in [4.69, 9.17) is 15.2 Å². The highest BCUT2D eigenvalue weighted by Crippen LogP contribution is 2.53. The SMILES string of the molecule is CN(C)[C@@H]1C(O)=C(C(N)=O)C(=O)[C@@]2(O)C(O)=C3C(=O)c4c(O)ccc(-c5ccc6c(c5)OCO6)c4C[C@H]3C[C@@H]12. The van der Waals surface area contributed by atoms with Gasteiger partial charge >= 0.3 is 0 Å². The van der Waals surface area contributed by atoms with Crippen LogP contribution in [0.15, 0.2) is 53.0 Å². The number of hydrogen-bond acceptors (Lipinski definition) is 10. The van der Waals surface area contributed by atoms with Gasteiger partial charge < -0.3 is 35.6 Å². The number of ether oxygens (including phenoxy) is 2. The number of Topliss-reactive ketones (excluding diaryl/α,β-unsaturated/α-hetero) is 2. The van der Waals surface area contributed by atoms with Gasteiger partial charge in [-0.3, -0.25) is 19.3 Å². The van der Waals surface area contributed by atoms with Gasteiger partial charge in [-0.15, -0.1) is 0 Å². The molecule has 11 nitrogen and oxygen atoms in total. The maximum absolute atomic E-state index is 13.9. The Morgan fingerprint density at radius 3 is 2.49 bits per heavy atom. The molecule has 11 heteroatoms. The van der Waals surface area contributed by atoms with E-state index < -0.39 is 58.0 Å². The monoisotopic (exact) mass is 534 g/mol. The van der Waals surface area contributed by atoms with E-state index in [9.17, 15) is 34.8 Å². The second kappa shape index (κ2) is 8.32. The second-order valence-electron chi connectivity index (χ2n) is 10.5. The van der Waals surface area contributed by atoms with E-state index in [1.165, 1.54) is 11.0 Å². The molecule has 39 heavy (non-hydrogen) atoms. The normalized spacial score (nSPS) is 27.4. The molecular weight excluding hydrogens is 508 g/mol. The van der Waals surface area contributed by atoms with Crippen molar-refractivity contribution in [1.29, 1.82) is 0 Å². The van der Waals surface area contributed by atoms with Gasteiger partial charge in [0.05, 0.1) is 11.6 Å². The molecule has 3 aliphatic carbocycles. The minimum absolute atomic E-state index is 0.0159. The first-order valence-electron chi connectivity index (χ1n) is 12.4. The number of allylic oxidation sites excluding steroid dienone is 1. The van der Waals surface area contributed by atoms with Gasteiger partial charge in [-0.25, -0.2) is 0 Å². The van der Waals surface area contributed by atoms with Gasteiger partial charge in [0.25, 0.3) is 5.91 Å². The lowest BCUT2D eigenvalue weighted by Crippen LogP contribution is -2.63. The summed E-state index contributed by atoms with van der Waals surface area (Å²) in [6.07, 6.45) is 0.203. The summed E-state index contributed by atoms with van der Waals surface area (Å²) in [6, 6.07) is 7.34. The number of rotatable bonds is 3. The van der Waals surface area contributed by atoms with Crippen LogP contribution < -0.4 is 15.2 Å². The third-order valence-electron chi connectivity index (χ3n) is 8.29. The zero-order valence-corrected chi connectivity index (χ0v) is 21.1. The van der Waals surface area contributed by atoms with Gasteiger partial charge in [0.1, 0.15) is 22.8 Å². The Balaban J connectivity index is 1.53. The molecule has 6 rings (SSSR count). The zero-order chi connectivity index (χ0) is 28.0. The van der Waals surface area contributed by atoms with Crippen LogP contribution in [0.2, 0.25) is 0 Å². The summed E-state index contributed by atoms with van der Waals surface area (Å²) in [5.74, 6) is -5.70. The van der Waals surface area contributed by atoms with E-state index in [0.29, 0.717) is 22.6 Å². The number of primary amides is 1. The number of nitrogens with zero attached hydrogens (tertiary/aromatic N) is 1. The van der Waals surface area contributed by atoms with Gasteiger partial charge in [0.15, 0.2) is 22.9 Å². The van der Waals surface area contributed by atoms with Crippen LogP contribution in [0.4, 0.5) is 0 Å². The molecule has 4 atom stereocenters. The summed E-state index contributed by atoms with van der Waals surface area (Å²) >= 11 is 0. The number of carbonyl (C=O) groups is 3. The summed E-state index contributed by atoms with van der Waals surface area (Å²) in [6.45, 7) is 0.0925. The van der Waals surface area contributed by atoms with E-state index in [-0.39, 0.29) is 36.5 Å². The minimum atomic E-state index is -2.67. The van der Waals surface area contributed by atoms with Crippen LogP contribution in [0, 0.1) is 11.8 Å². The summed E-state index contributed by atoms with van der Waals surface area (Å²) in [4.78, 5) is 40.9. The van der Waals surface area contributed by atoms with Crippen LogP contribution in [-0.4, -0.2) is 75.3 Å². The maximum Gasteiger partial charge on any atom is 0.255 e. The highest BCUT2D eigenvalue weighted by molar-refractivity contribution is 6.24. The molecular formula is C28H26N2O9. The summed E-state index contributed by atoms with van der Waals surface area (Å²) in [7, 11) is 3.17. The standard InChI is InChI=1S/C28H26N2O9/c1-30(2)22-15-8-12-7-14-13(11-3-6-17-18(9-11)39-10-38-17)4-5-16(31)20(14)23(32)19(12)25(34)28(15,37)26(35)21(24(22)33)27(29)36/h3-6,9,12,15,22,31,33-34,37H,7-8,10H2,1-2H3,(H2,29,36)/t12-,15-,22-,28-/m0/s1. The molecule has 1 heterocycles. The molecule has 0 aromatic heterocycles. The van der Waals surface area contributed by atoms with Crippen LogP contribution in [0.5, 0.6) is 17.2 Å². The zero-order valence-electron chi connectivity index (χ0n) is 21.1. The Morgan fingerprint density at radius 2 is 1.79 bits per heavy atom. The fourth-order valence-corrected chi connectivity index (χ4v) is 6.59. The molecule has 2 aromatic rings. The number of aliphatic hydroxyl groups is 3. The van der Waals surface area contributed by atoms with E-state index in [1.807, 2.05) is 6.07 Å². The van der Waals surface area contributed by atoms with Crippen molar-refractivity contribution < 1.29 is 44.3 Å². The first-order chi connectivity index (χ1) is 18.5. The van der Waals surface area contributed by atoms with Crippen molar-refractivity contribution in [3.8, 4) is 28.4 Å². The van der Waals surface area contributed by atoms with E-state index >= 15 is 0 Å². The minimum Gasteiger partial charge on any atom is -0.510 e. The first-order valence-corrected chi connectivity index (χ1v) is 12.4.